The van der Waals surface area contributed by atoms with Crippen LogP contribution < -0.4 is 21.3 Å². The average molecular weight is 646 g/mol. The molecule has 1 unspecified atom stereocenters. The van der Waals surface area contributed by atoms with Gasteiger partial charge in [0.2, 0.25) is 5.91 Å². The first-order valence-electron chi connectivity index (χ1n) is 13.1. The molecule has 2 heterocycles. The van der Waals surface area contributed by atoms with Crippen LogP contribution in [0, 0.1) is 0 Å². The number of alkyl halides is 7. The lowest BCUT2D eigenvalue weighted by Gasteiger charge is -2.21. The third-order valence-electron chi connectivity index (χ3n) is 6.68. The minimum absolute atomic E-state index is 0.0201. The van der Waals surface area contributed by atoms with E-state index in [2.05, 4.69) is 36.1 Å². The molecule has 0 fully saturated rings. The Morgan fingerprint density at radius 1 is 1.07 bits per heavy atom. The number of guanidine groups is 1. The molecule has 11 nitrogen and oxygen atoms in total. The number of amides is 2. The van der Waals surface area contributed by atoms with Gasteiger partial charge in [0.1, 0.15) is 6.17 Å². The lowest BCUT2D eigenvalue weighted by atomic mass is 9.97. The van der Waals surface area contributed by atoms with Gasteiger partial charge in [-0.05, 0) is 35.9 Å². The molecule has 1 aliphatic heterocycles. The van der Waals surface area contributed by atoms with Gasteiger partial charge in [0, 0.05) is 18.0 Å². The fourth-order valence-electron chi connectivity index (χ4n) is 4.40. The number of halogens is 7. The van der Waals surface area contributed by atoms with E-state index < -0.39 is 72.0 Å². The maximum absolute atomic E-state index is 13.4. The molecule has 18 heteroatoms. The summed E-state index contributed by atoms with van der Waals surface area (Å²) in [6, 6.07) is 1.91. The monoisotopic (exact) mass is 645 g/mol. The number of esters is 1. The molecule has 2 amide bonds. The number of aromatic nitrogens is 2. The summed E-state index contributed by atoms with van der Waals surface area (Å²) >= 11 is 0. The molecular formula is C27H26F7N7O4. The molecule has 0 aliphatic carbocycles. The number of hydrogen-bond donors (Lipinski definition) is 4. The minimum atomic E-state index is -5.16. The van der Waals surface area contributed by atoms with Crippen molar-refractivity contribution in [3.05, 3.63) is 58.8 Å². The molecule has 242 valence electrons. The van der Waals surface area contributed by atoms with Crippen LogP contribution in [0.1, 0.15) is 39.5 Å². The Morgan fingerprint density at radius 3 is 2.31 bits per heavy atom. The summed E-state index contributed by atoms with van der Waals surface area (Å²) in [5.41, 5.74) is -3.02. The molecule has 2 atom stereocenters. The molecule has 0 radical (unpaired) electrons. The summed E-state index contributed by atoms with van der Waals surface area (Å²) in [4.78, 5) is 41.8. The van der Waals surface area contributed by atoms with Crippen molar-refractivity contribution in [3.63, 3.8) is 0 Å². The lowest BCUT2D eigenvalue weighted by molar-refractivity contribution is -0.143. The summed E-state index contributed by atoms with van der Waals surface area (Å²) in [6.45, 7) is -0.817. The Balaban J connectivity index is 1.54. The van der Waals surface area contributed by atoms with Crippen molar-refractivity contribution in [1.29, 1.82) is 0 Å². The van der Waals surface area contributed by atoms with Crippen LogP contribution in [-0.4, -0.2) is 66.4 Å². The van der Waals surface area contributed by atoms with E-state index in [-0.39, 0.29) is 30.7 Å². The van der Waals surface area contributed by atoms with Crippen molar-refractivity contribution in [3.8, 4) is 0 Å². The zero-order valence-electron chi connectivity index (χ0n) is 23.6. The van der Waals surface area contributed by atoms with Crippen LogP contribution in [0.5, 0.6) is 0 Å². The molecule has 2 aromatic carbocycles. The molecule has 0 bridgehead atoms. The van der Waals surface area contributed by atoms with Gasteiger partial charge in [-0.2, -0.15) is 31.4 Å². The van der Waals surface area contributed by atoms with Crippen molar-refractivity contribution in [1.82, 2.24) is 25.7 Å². The van der Waals surface area contributed by atoms with Crippen molar-refractivity contribution in [2.75, 3.05) is 32.1 Å². The van der Waals surface area contributed by atoms with Gasteiger partial charge in [0.25, 0.3) is 5.91 Å². The second kappa shape index (κ2) is 13.0. The summed E-state index contributed by atoms with van der Waals surface area (Å²) in [7, 11) is 2.57. The second-order valence-corrected chi connectivity index (χ2v) is 9.94. The van der Waals surface area contributed by atoms with Gasteiger partial charge in [-0.3, -0.25) is 19.1 Å². The van der Waals surface area contributed by atoms with Crippen LogP contribution in [-0.2, 0) is 33.7 Å². The highest BCUT2D eigenvalue weighted by atomic mass is 19.4. The largest absolute Gasteiger partial charge is 0.469 e. The number of nitrogens with zero attached hydrogens (tertiary/aromatic N) is 3. The van der Waals surface area contributed by atoms with E-state index in [4.69, 9.17) is 0 Å². The van der Waals surface area contributed by atoms with Gasteiger partial charge in [0.05, 0.1) is 67.7 Å². The Hall–Kier alpha value is -4.90. The zero-order chi connectivity index (χ0) is 33.1. The fourth-order valence-corrected chi connectivity index (χ4v) is 4.40. The first kappa shape index (κ1) is 33.0. The number of rotatable bonds is 8. The summed E-state index contributed by atoms with van der Waals surface area (Å²) in [5, 5.41) is 15.0. The quantitative estimate of drug-likeness (QED) is 0.218. The highest BCUT2D eigenvalue weighted by Crippen LogP contribution is 2.38. The van der Waals surface area contributed by atoms with E-state index in [1.165, 1.54) is 23.0 Å². The number of methoxy groups -OCH3 is 1. The summed E-state index contributed by atoms with van der Waals surface area (Å²) < 4.78 is 99.9. The number of aryl methyl sites for hydroxylation is 1. The van der Waals surface area contributed by atoms with Crippen molar-refractivity contribution < 1.29 is 49.9 Å². The van der Waals surface area contributed by atoms with Gasteiger partial charge in [-0.25, -0.2) is 9.38 Å². The summed E-state index contributed by atoms with van der Waals surface area (Å²) in [6.07, 6.45) is -10.8. The van der Waals surface area contributed by atoms with Gasteiger partial charge >= 0.3 is 18.3 Å². The number of fused-ring (bicyclic) bond motifs is 1. The minimum Gasteiger partial charge on any atom is -0.469 e. The van der Waals surface area contributed by atoms with Crippen LogP contribution in [0.25, 0.3) is 10.9 Å². The number of aliphatic imine (C=N–C) groups is 1. The summed E-state index contributed by atoms with van der Waals surface area (Å²) in [5.74, 6) is -2.57. The number of ether oxygens (including phenoxy) is 1. The molecule has 3 aromatic rings. The third kappa shape index (κ3) is 8.18. The number of benzene rings is 2. The molecular weight excluding hydrogens is 619 g/mol. The Morgan fingerprint density at radius 2 is 1.73 bits per heavy atom. The SMILES string of the molecule is COC(=O)C[C@H](NC(=O)CNC(=O)c1cc(NC2=NCC(F)CN2)c2cnn(C)c2c1)c1cc(C(F)(F)F)cc(C(F)(F)F)c1. The fraction of sp³-hybridized carbons (Fsp3) is 0.370. The predicted molar refractivity (Wildman–Crippen MR) is 146 cm³/mol. The van der Waals surface area contributed by atoms with E-state index in [0.717, 1.165) is 7.11 Å². The number of carbonyl (C=O) groups excluding carboxylic acids is 3. The maximum atomic E-state index is 13.4. The highest BCUT2D eigenvalue weighted by Gasteiger charge is 2.38. The van der Waals surface area contributed by atoms with Crippen molar-refractivity contribution >= 4 is 40.3 Å². The van der Waals surface area contributed by atoms with E-state index >= 15 is 0 Å². The van der Waals surface area contributed by atoms with Crippen molar-refractivity contribution in [2.24, 2.45) is 12.0 Å². The normalized spacial score (nSPS) is 15.9. The molecule has 1 aromatic heterocycles. The lowest BCUT2D eigenvalue weighted by Crippen LogP contribution is -2.41. The molecule has 45 heavy (non-hydrogen) atoms. The number of nitrogens with one attached hydrogen (secondary N) is 4. The standard InChI is InChI=1S/C27H26F7N7O4/c1-41-21-6-14(5-20(18(21)11-38-41)40-25-36-9-17(28)10-37-25)24(44)35-12-22(42)39-19(8-23(43)45-2)13-3-15(26(29,30)31)7-16(4-13)27(32,33)34/h3-7,11,17,19H,8-10,12H2,1-2H3,(H,35,44)(H,39,42)(H2,36,37,40)/t19-/m0/s1. The Bertz CT molecular complexity index is 1600. The van der Waals surface area contributed by atoms with Crippen LogP contribution in [0.4, 0.5) is 36.4 Å². The molecule has 4 rings (SSSR count). The molecule has 0 saturated heterocycles. The molecule has 1 aliphatic rings. The highest BCUT2D eigenvalue weighted by molar-refractivity contribution is 6.07. The second-order valence-electron chi connectivity index (χ2n) is 9.94. The molecule has 4 N–H and O–H groups in total. The maximum Gasteiger partial charge on any atom is 0.416 e. The van der Waals surface area contributed by atoms with Crippen LogP contribution in [0.15, 0.2) is 41.5 Å². The van der Waals surface area contributed by atoms with Gasteiger partial charge < -0.3 is 26.0 Å². The average Bonchev–Trinajstić information content (AvgIpc) is 3.36. The first-order valence-corrected chi connectivity index (χ1v) is 13.1. The van der Waals surface area contributed by atoms with Crippen LogP contribution in [0.3, 0.4) is 0 Å². The number of hydrogen-bond acceptors (Lipinski definition) is 8. The molecule has 0 spiro atoms. The first-order chi connectivity index (χ1) is 21.0. The van der Waals surface area contributed by atoms with Gasteiger partial charge in [-0.15, -0.1) is 0 Å². The van der Waals surface area contributed by atoms with Crippen LogP contribution >= 0.6 is 0 Å². The number of anilines is 1. The van der Waals surface area contributed by atoms with Crippen LogP contribution in [0.2, 0.25) is 0 Å². The van der Waals surface area contributed by atoms with Crippen molar-refractivity contribution in [2.45, 2.75) is 31.0 Å². The molecule has 0 saturated carbocycles. The smallest absolute Gasteiger partial charge is 0.416 e. The van der Waals surface area contributed by atoms with E-state index in [1.54, 1.807) is 7.05 Å². The Kier molecular flexibility index (Phi) is 9.53. The third-order valence-corrected chi connectivity index (χ3v) is 6.68. The number of carbonyl (C=O) groups is 3. The van der Waals surface area contributed by atoms with E-state index in [1.807, 2.05) is 0 Å². The predicted octanol–water partition coefficient (Wildman–Crippen LogP) is 3.47. The topological polar surface area (TPSA) is 139 Å². The Labute approximate surface area is 250 Å². The van der Waals surface area contributed by atoms with Gasteiger partial charge in [-0.1, -0.05) is 0 Å². The van der Waals surface area contributed by atoms with E-state index in [9.17, 15) is 45.1 Å². The zero-order valence-corrected chi connectivity index (χ0v) is 23.6. The van der Waals surface area contributed by atoms with Gasteiger partial charge in [0.15, 0.2) is 5.96 Å². The van der Waals surface area contributed by atoms with E-state index in [0.29, 0.717) is 28.7 Å².